The van der Waals surface area contributed by atoms with E-state index in [1.165, 1.54) is 0 Å². The molecule has 1 fully saturated rings. The van der Waals surface area contributed by atoms with Crippen molar-refractivity contribution in [2.75, 3.05) is 26.2 Å². The topological polar surface area (TPSA) is 58.5 Å². The van der Waals surface area contributed by atoms with Crippen molar-refractivity contribution in [3.05, 3.63) is 0 Å². The highest BCUT2D eigenvalue weighted by atomic mass is 15.3. The maximum atomic E-state index is 5.93. The number of hydrogen-bond acceptors (Lipinski definition) is 4. The third kappa shape index (κ3) is 3.42. The molecule has 0 aromatic heterocycles. The molecule has 1 aliphatic heterocycles. The maximum Gasteiger partial charge on any atom is 0.0217 e. The molecule has 0 aliphatic carbocycles. The minimum absolute atomic E-state index is 0.248. The summed E-state index contributed by atoms with van der Waals surface area (Å²) in [6.07, 6.45) is 0. The van der Waals surface area contributed by atoms with E-state index in [9.17, 15) is 0 Å². The molecular formula is C12H28N4. The molecule has 0 spiro atoms. The molecule has 4 heteroatoms. The quantitative estimate of drug-likeness (QED) is 0.715. The summed E-state index contributed by atoms with van der Waals surface area (Å²) in [6.45, 7) is 13.0. The van der Waals surface area contributed by atoms with Crippen LogP contribution in [-0.2, 0) is 0 Å². The Bertz CT molecular complexity index is 175. The Morgan fingerprint density at radius 2 is 0.938 bits per heavy atom. The summed E-state index contributed by atoms with van der Waals surface area (Å²) >= 11 is 0. The molecule has 0 aromatic rings. The first kappa shape index (κ1) is 13.9. The van der Waals surface area contributed by atoms with Crippen molar-refractivity contribution in [2.24, 2.45) is 11.5 Å². The van der Waals surface area contributed by atoms with E-state index in [0.717, 1.165) is 26.2 Å². The van der Waals surface area contributed by atoms with E-state index in [1.54, 1.807) is 0 Å². The van der Waals surface area contributed by atoms with Crippen LogP contribution < -0.4 is 11.5 Å². The van der Waals surface area contributed by atoms with Crippen LogP contribution in [0.15, 0.2) is 0 Å². The summed E-state index contributed by atoms with van der Waals surface area (Å²) in [5.74, 6) is 0. The van der Waals surface area contributed by atoms with E-state index in [4.69, 9.17) is 11.5 Å². The average molecular weight is 228 g/mol. The average Bonchev–Trinajstić information content (AvgIpc) is 2.27. The highest BCUT2D eigenvalue weighted by Crippen LogP contribution is 2.11. The van der Waals surface area contributed by atoms with Crippen molar-refractivity contribution in [2.45, 2.75) is 51.9 Å². The first-order valence-electron chi connectivity index (χ1n) is 6.42. The smallest absolute Gasteiger partial charge is 0.0217 e. The van der Waals surface area contributed by atoms with Gasteiger partial charge < -0.3 is 11.5 Å². The lowest BCUT2D eigenvalue weighted by Gasteiger charge is -2.42. The Hall–Kier alpha value is -0.160. The van der Waals surface area contributed by atoms with Gasteiger partial charge in [-0.1, -0.05) is 0 Å². The summed E-state index contributed by atoms with van der Waals surface area (Å²) in [6, 6.07) is 1.45. The van der Waals surface area contributed by atoms with Crippen molar-refractivity contribution in [1.82, 2.24) is 9.80 Å². The molecule has 96 valence electrons. The fraction of sp³-hybridized carbons (Fsp3) is 1.00. The van der Waals surface area contributed by atoms with E-state index in [-0.39, 0.29) is 12.1 Å². The first-order valence-corrected chi connectivity index (χ1v) is 6.42. The van der Waals surface area contributed by atoms with Gasteiger partial charge in [0, 0.05) is 50.3 Å². The zero-order valence-corrected chi connectivity index (χ0v) is 11.2. The molecule has 1 heterocycles. The molecule has 0 amide bonds. The number of nitrogens with two attached hydrogens (primary N) is 2. The van der Waals surface area contributed by atoms with Gasteiger partial charge in [-0.2, -0.15) is 0 Å². The molecule has 0 bridgehead atoms. The van der Waals surface area contributed by atoms with E-state index in [1.807, 2.05) is 0 Å². The van der Waals surface area contributed by atoms with Crippen LogP contribution in [-0.4, -0.2) is 60.1 Å². The van der Waals surface area contributed by atoms with Crippen LogP contribution >= 0.6 is 0 Å². The Morgan fingerprint density at radius 3 is 1.12 bits per heavy atom. The molecule has 4 nitrogen and oxygen atoms in total. The van der Waals surface area contributed by atoms with Crippen LogP contribution in [0.2, 0.25) is 0 Å². The molecule has 0 aromatic carbocycles. The van der Waals surface area contributed by atoms with Crippen LogP contribution in [0.25, 0.3) is 0 Å². The largest absolute Gasteiger partial charge is 0.327 e. The summed E-state index contributed by atoms with van der Waals surface area (Å²) in [5.41, 5.74) is 11.9. The first-order chi connectivity index (χ1) is 7.43. The third-order valence-corrected chi connectivity index (χ3v) is 4.02. The van der Waals surface area contributed by atoms with Gasteiger partial charge in [0.2, 0.25) is 0 Å². The van der Waals surface area contributed by atoms with Crippen molar-refractivity contribution < 1.29 is 0 Å². The standard InChI is InChI=1S/C12H28N4/c1-9(13)11(3)15-5-7-16(8-6-15)12(4)10(2)14/h9-12H,5-8,13-14H2,1-4H3. The predicted octanol–water partition coefficient (Wildman–Crippen LogP) is 0.0754. The maximum absolute atomic E-state index is 5.93. The number of hydrogen-bond donors (Lipinski definition) is 2. The van der Waals surface area contributed by atoms with Crippen LogP contribution in [0.4, 0.5) is 0 Å². The summed E-state index contributed by atoms with van der Waals surface area (Å²) in [5, 5.41) is 0. The van der Waals surface area contributed by atoms with Gasteiger partial charge in [-0.3, -0.25) is 9.80 Å². The molecule has 4 atom stereocenters. The molecular weight excluding hydrogens is 200 g/mol. The van der Waals surface area contributed by atoms with Crippen molar-refractivity contribution in [3.63, 3.8) is 0 Å². The van der Waals surface area contributed by atoms with Gasteiger partial charge in [0.15, 0.2) is 0 Å². The molecule has 1 aliphatic rings. The highest BCUT2D eigenvalue weighted by molar-refractivity contribution is 4.84. The van der Waals surface area contributed by atoms with Gasteiger partial charge in [0.05, 0.1) is 0 Å². The molecule has 1 rings (SSSR count). The molecule has 4 N–H and O–H groups in total. The van der Waals surface area contributed by atoms with Gasteiger partial charge in [0.25, 0.3) is 0 Å². The second-order valence-electron chi connectivity index (χ2n) is 5.27. The summed E-state index contributed by atoms with van der Waals surface area (Å²) < 4.78 is 0. The highest BCUT2D eigenvalue weighted by Gasteiger charge is 2.26. The predicted molar refractivity (Wildman–Crippen MR) is 69.4 cm³/mol. The van der Waals surface area contributed by atoms with Crippen LogP contribution in [0.1, 0.15) is 27.7 Å². The van der Waals surface area contributed by atoms with Gasteiger partial charge in [-0.25, -0.2) is 0 Å². The Balaban J connectivity index is 2.39. The number of rotatable bonds is 4. The Labute approximate surface area is 99.9 Å². The molecule has 0 saturated carbocycles. The Kier molecular flexibility index (Phi) is 5.18. The van der Waals surface area contributed by atoms with Crippen LogP contribution in [0.5, 0.6) is 0 Å². The number of piperazine rings is 1. The van der Waals surface area contributed by atoms with Crippen molar-refractivity contribution in [3.8, 4) is 0 Å². The number of nitrogens with zero attached hydrogens (tertiary/aromatic N) is 2. The van der Waals surface area contributed by atoms with Crippen LogP contribution in [0.3, 0.4) is 0 Å². The van der Waals surface area contributed by atoms with Crippen molar-refractivity contribution >= 4 is 0 Å². The normalized spacial score (nSPS) is 27.4. The van der Waals surface area contributed by atoms with Gasteiger partial charge in [-0.15, -0.1) is 0 Å². The lowest BCUT2D eigenvalue weighted by molar-refractivity contribution is 0.0668. The third-order valence-electron chi connectivity index (χ3n) is 4.02. The van der Waals surface area contributed by atoms with Crippen molar-refractivity contribution in [1.29, 1.82) is 0 Å². The lowest BCUT2D eigenvalue weighted by Crippen LogP contribution is -2.57. The fourth-order valence-electron chi connectivity index (χ4n) is 2.22. The molecule has 4 unspecified atom stereocenters. The molecule has 0 radical (unpaired) electrons. The SMILES string of the molecule is CC(N)C(C)N1CCN(C(C)C(C)N)CC1. The minimum Gasteiger partial charge on any atom is -0.327 e. The zero-order chi connectivity index (χ0) is 12.3. The van der Waals surface area contributed by atoms with Gasteiger partial charge in [0.1, 0.15) is 0 Å². The lowest BCUT2D eigenvalue weighted by atomic mass is 10.1. The van der Waals surface area contributed by atoms with Gasteiger partial charge in [-0.05, 0) is 27.7 Å². The Morgan fingerprint density at radius 1 is 0.688 bits per heavy atom. The zero-order valence-electron chi connectivity index (χ0n) is 11.2. The summed E-state index contributed by atoms with van der Waals surface area (Å²) in [4.78, 5) is 4.96. The van der Waals surface area contributed by atoms with E-state index in [2.05, 4.69) is 37.5 Å². The molecule has 16 heavy (non-hydrogen) atoms. The minimum atomic E-state index is 0.248. The molecule has 1 saturated heterocycles. The fourth-order valence-corrected chi connectivity index (χ4v) is 2.22. The monoisotopic (exact) mass is 228 g/mol. The summed E-state index contributed by atoms with van der Waals surface area (Å²) in [7, 11) is 0. The van der Waals surface area contributed by atoms with Crippen LogP contribution in [0, 0.1) is 0 Å². The van der Waals surface area contributed by atoms with Gasteiger partial charge >= 0.3 is 0 Å². The van der Waals surface area contributed by atoms with E-state index < -0.39 is 0 Å². The second-order valence-corrected chi connectivity index (χ2v) is 5.27. The van der Waals surface area contributed by atoms with E-state index >= 15 is 0 Å². The second kappa shape index (κ2) is 5.96. The van der Waals surface area contributed by atoms with E-state index in [0.29, 0.717) is 12.1 Å².